The van der Waals surface area contributed by atoms with Gasteiger partial charge in [0.25, 0.3) is 0 Å². The highest BCUT2D eigenvalue weighted by Crippen LogP contribution is 2.36. The molecule has 106 valence electrons. The lowest BCUT2D eigenvalue weighted by atomic mass is 9.95. The predicted octanol–water partition coefficient (Wildman–Crippen LogP) is 4.55. The van der Waals surface area contributed by atoms with Crippen LogP contribution >= 0.6 is 11.3 Å². The van der Waals surface area contributed by atoms with Crippen molar-refractivity contribution >= 4 is 11.3 Å². The zero-order valence-electron chi connectivity index (χ0n) is 12.6. The first-order valence-corrected chi connectivity index (χ1v) is 8.37. The van der Waals surface area contributed by atoms with E-state index < -0.39 is 0 Å². The molecule has 0 amide bonds. The van der Waals surface area contributed by atoms with E-state index in [9.17, 15) is 0 Å². The Balaban J connectivity index is 2.01. The number of fused-ring (bicyclic) bond motifs is 1. The molecule has 3 rings (SSSR count). The highest BCUT2D eigenvalue weighted by atomic mass is 32.1. The Hall–Kier alpha value is -1.12. The Morgan fingerprint density at radius 2 is 1.95 bits per heavy atom. The first-order chi connectivity index (χ1) is 9.70. The number of hydrogen-bond donors (Lipinski definition) is 1. The summed E-state index contributed by atoms with van der Waals surface area (Å²) >= 11 is 2.01. The fourth-order valence-electron chi connectivity index (χ4n) is 3.19. The van der Waals surface area contributed by atoms with Crippen LogP contribution in [0.5, 0.6) is 0 Å². The summed E-state index contributed by atoms with van der Waals surface area (Å²) in [4.78, 5) is 3.10. The Kier molecular flexibility index (Phi) is 3.95. The summed E-state index contributed by atoms with van der Waals surface area (Å²) in [5.74, 6) is 0. The molecule has 0 fully saturated rings. The SMILES string of the molecule is CNC(c1cc2c(s1)CCCC2)c1cccc(C)c1C. The molecule has 1 heterocycles. The summed E-state index contributed by atoms with van der Waals surface area (Å²) < 4.78 is 0. The first kappa shape index (κ1) is 13.8. The lowest BCUT2D eigenvalue weighted by Crippen LogP contribution is -2.17. The van der Waals surface area contributed by atoms with Crippen LogP contribution in [0, 0.1) is 13.8 Å². The van der Waals surface area contributed by atoms with E-state index in [0.29, 0.717) is 6.04 Å². The van der Waals surface area contributed by atoms with Crippen molar-refractivity contribution < 1.29 is 0 Å². The van der Waals surface area contributed by atoms with Gasteiger partial charge in [0.15, 0.2) is 0 Å². The zero-order valence-corrected chi connectivity index (χ0v) is 13.4. The van der Waals surface area contributed by atoms with Crippen LogP contribution in [0.15, 0.2) is 24.3 Å². The van der Waals surface area contributed by atoms with Gasteiger partial charge in [0.2, 0.25) is 0 Å². The molecular formula is C18H23NS. The summed E-state index contributed by atoms with van der Waals surface area (Å²) in [6.07, 6.45) is 5.27. The van der Waals surface area contributed by atoms with Crippen molar-refractivity contribution in [3.05, 3.63) is 56.3 Å². The molecule has 20 heavy (non-hydrogen) atoms. The molecule has 0 bridgehead atoms. The van der Waals surface area contributed by atoms with Crippen LogP contribution in [0.1, 0.15) is 50.9 Å². The Bertz CT molecular complexity index is 588. The fraction of sp³-hybridized carbons (Fsp3) is 0.444. The molecule has 0 saturated carbocycles. The number of benzene rings is 1. The van der Waals surface area contributed by atoms with Crippen molar-refractivity contribution in [2.24, 2.45) is 0 Å². The highest BCUT2D eigenvalue weighted by molar-refractivity contribution is 7.12. The van der Waals surface area contributed by atoms with E-state index in [-0.39, 0.29) is 0 Å². The second-order valence-corrected chi connectivity index (χ2v) is 6.98. The van der Waals surface area contributed by atoms with Crippen molar-refractivity contribution in [3.8, 4) is 0 Å². The average molecular weight is 285 g/mol. The molecule has 1 aromatic carbocycles. The lowest BCUT2D eigenvalue weighted by molar-refractivity contribution is 0.689. The monoisotopic (exact) mass is 285 g/mol. The van der Waals surface area contributed by atoms with Gasteiger partial charge in [0.1, 0.15) is 0 Å². The second-order valence-electron chi connectivity index (χ2n) is 5.82. The minimum absolute atomic E-state index is 0.338. The predicted molar refractivity (Wildman–Crippen MR) is 87.8 cm³/mol. The van der Waals surface area contributed by atoms with Crippen molar-refractivity contribution in [1.82, 2.24) is 5.32 Å². The zero-order chi connectivity index (χ0) is 14.1. The van der Waals surface area contributed by atoms with Crippen LogP contribution in [0.3, 0.4) is 0 Å². The Morgan fingerprint density at radius 1 is 1.15 bits per heavy atom. The minimum Gasteiger partial charge on any atom is -0.309 e. The van der Waals surface area contributed by atoms with E-state index in [2.05, 4.69) is 50.5 Å². The molecule has 1 N–H and O–H groups in total. The maximum Gasteiger partial charge on any atom is 0.0671 e. The third kappa shape index (κ3) is 2.43. The molecule has 1 aliphatic carbocycles. The maximum atomic E-state index is 3.52. The largest absolute Gasteiger partial charge is 0.309 e. The molecule has 2 heteroatoms. The number of thiophene rings is 1. The third-order valence-corrected chi connectivity index (χ3v) is 5.85. The van der Waals surface area contributed by atoms with Crippen LogP contribution in [-0.2, 0) is 12.8 Å². The first-order valence-electron chi connectivity index (χ1n) is 7.55. The van der Waals surface area contributed by atoms with Crippen molar-refractivity contribution in [1.29, 1.82) is 0 Å². The highest BCUT2D eigenvalue weighted by Gasteiger charge is 2.20. The number of aryl methyl sites for hydroxylation is 3. The van der Waals surface area contributed by atoms with E-state index in [1.807, 2.05) is 11.3 Å². The Morgan fingerprint density at radius 3 is 2.70 bits per heavy atom. The molecule has 0 radical (unpaired) electrons. The summed E-state index contributed by atoms with van der Waals surface area (Å²) in [6.45, 7) is 4.44. The lowest BCUT2D eigenvalue weighted by Gasteiger charge is -2.18. The quantitative estimate of drug-likeness (QED) is 0.872. The molecular weight excluding hydrogens is 262 g/mol. The third-order valence-electron chi connectivity index (χ3n) is 4.55. The van der Waals surface area contributed by atoms with Gasteiger partial charge >= 0.3 is 0 Å². The van der Waals surface area contributed by atoms with Crippen molar-refractivity contribution in [2.75, 3.05) is 7.05 Å². The van der Waals surface area contributed by atoms with Crippen LogP contribution in [0.2, 0.25) is 0 Å². The number of hydrogen-bond acceptors (Lipinski definition) is 2. The molecule has 0 saturated heterocycles. The topological polar surface area (TPSA) is 12.0 Å². The maximum absolute atomic E-state index is 3.52. The normalized spacial score (nSPS) is 15.9. The van der Waals surface area contributed by atoms with Gasteiger partial charge in [-0.25, -0.2) is 0 Å². The van der Waals surface area contributed by atoms with Gasteiger partial charge < -0.3 is 5.32 Å². The Labute approximate surface area is 126 Å². The summed E-state index contributed by atoms with van der Waals surface area (Å²) in [5.41, 5.74) is 5.81. The molecule has 0 spiro atoms. The molecule has 2 aromatic rings. The van der Waals surface area contributed by atoms with E-state index in [1.54, 1.807) is 10.4 Å². The van der Waals surface area contributed by atoms with Crippen molar-refractivity contribution in [3.63, 3.8) is 0 Å². The van der Waals surface area contributed by atoms with Crippen LogP contribution in [0.4, 0.5) is 0 Å². The van der Waals surface area contributed by atoms with E-state index >= 15 is 0 Å². The molecule has 1 unspecified atom stereocenters. The van der Waals surface area contributed by atoms with E-state index in [1.165, 1.54) is 47.3 Å². The van der Waals surface area contributed by atoms with Gasteiger partial charge in [-0.3, -0.25) is 0 Å². The minimum atomic E-state index is 0.338. The van der Waals surface area contributed by atoms with E-state index in [0.717, 1.165) is 0 Å². The fourth-order valence-corrected chi connectivity index (χ4v) is 4.58. The van der Waals surface area contributed by atoms with Crippen LogP contribution in [0.25, 0.3) is 0 Å². The number of rotatable bonds is 3. The summed E-state index contributed by atoms with van der Waals surface area (Å²) in [6, 6.07) is 9.43. The average Bonchev–Trinajstić information content (AvgIpc) is 2.87. The van der Waals surface area contributed by atoms with Crippen molar-refractivity contribution in [2.45, 2.75) is 45.6 Å². The smallest absolute Gasteiger partial charge is 0.0671 e. The second kappa shape index (κ2) is 5.71. The summed E-state index contributed by atoms with van der Waals surface area (Å²) in [5, 5.41) is 3.52. The van der Waals surface area contributed by atoms with Gasteiger partial charge in [-0.05, 0) is 74.9 Å². The molecule has 0 aliphatic heterocycles. The molecule has 1 aliphatic rings. The standard InChI is InChI=1S/C18H23NS/c1-12-7-6-9-15(13(12)2)18(19-3)17-11-14-8-4-5-10-16(14)20-17/h6-7,9,11,18-19H,4-5,8,10H2,1-3H3. The number of nitrogens with one attached hydrogen (secondary N) is 1. The molecule has 1 nitrogen and oxygen atoms in total. The van der Waals surface area contributed by atoms with Gasteiger partial charge in [0.05, 0.1) is 6.04 Å². The van der Waals surface area contributed by atoms with Gasteiger partial charge in [-0.15, -0.1) is 11.3 Å². The van der Waals surface area contributed by atoms with Gasteiger partial charge in [-0.2, -0.15) is 0 Å². The van der Waals surface area contributed by atoms with E-state index in [4.69, 9.17) is 0 Å². The summed E-state index contributed by atoms with van der Waals surface area (Å²) in [7, 11) is 2.07. The van der Waals surface area contributed by atoms with Gasteiger partial charge in [0, 0.05) is 9.75 Å². The van der Waals surface area contributed by atoms with Crippen LogP contribution in [-0.4, -0.2) is 7.05 Å². The molecule has 1 atom stereocenters. The van der Waals surface area contributed by atoms with Gasteiger partial charge in [-0.1, -0.05) is 18.2 Å². The van der Waals surface area contributed by atoms with Crippen LogP contribution < -0.4 is 5.32 Å². The molecule has 1 aromatic heterocycles.